The van der Waals surface area contributed by atoms with Crippen molar-refractivity contribution in [1.29, 1.82) is 0 Å². The molecule has 4 heteroatoms. The van der Waals surface area contributed by atoms with E-state index in [1.807, 2.05) is 0 Å². The average molecular weight is 165 g/mol. The molecule has 0 radical (unpaired) electrons. The minimum absolute atomic E-state index is 0.632. The number of hydrogen-bond donors (Lipinski definition) is 2. The fraction of sp³-hybridized carbons (Fsp3) is 1.00. The molecule has 1 atom stereocenters. The second-order valence-electron chi connectivity index (χ2n) is 3.48. The van der Waals surface area contributed by atoms with Crippen molar-refractivity contribution in [3.8, 4) is 0 Å². The molecule has 0 aromatic heterocycles. The van der Waals surface area contributed by atoms with Crippen LogP contribution >= 0.6 is 0 Å². The molecule has 1 unspecified atom stereocenters. The van der Waals surface area contributed by atoms with E-state index >= 15 is 0 Å². The van der Waals surface area contributed by atoms with Crippen LogP contribution in [-0.4, -0.2) is 19.0 Å². The largest absolute Gasteiger partial charge is 0.324 e. The van der Waals surface area contributed by atoms with Gasteiger partial charge >= 0.3 is 0 Å². The third-order valence-corrected chi connectivity index (χ3v) is 3.39. The Hall–Kier alpha value is 0.0700. The zero-order chi connectivity index (χ0) is 8.58. The van der Waals surface area contributed by atoms with Gasteiger partial charge in [0.25, 0.3) is 0 Å². The Kier molecular flexibility index (Phi) is 2.62. The lowest BCUT2D eigenvalue weighted by atomic mass is 9.91. The summed E-state index contributed by atoms with van der Waals surface area (Å²) in [5, 5.41) is 0. The molecule has 10 heavy (non-hydrogen) atoms. The Morgan fingerprint density at radius 3 is 1.60 bits per heavy atom. The van der Waals surface area contributed by atoms with Crippen molar-refractivity contribution in [1.82, 2.24) is 0 Å². The van der Waals surface area contributed by atoms with Crippen molar-refractivity contribution < 1.29 is 8.76 Å². The predicted octanol–water partition coefficient (Wildman–Crippen LogP) is 0.724. The summed E-state index contributed by atoms with van der Waals surface area (Å²) >= 11 is -1.87. The maximum absolute atomic E-state index is 10.7. The first-order valence-corrected chi connectivity index (χ1v) is 4.20. The Bertz CT molecular complexity index is 148. The Labute approximate surface area is 64.3 Å². The number of nitrogens with two attached hydrogens (primary N) is 1. The van der Waals surface area contributed by atoms with Crippen LogP contribution in [0.25, 0.3) is 0 Å². The van der Waals surface area contributed by atoms with Crippen molar-refractivity contribution >= 4 is 11.1 Å². The number of rotatable bonds is 2. The molecule has 3 N–H and O–H groups in total. The molecular weight excluding hydrogens is 150 g/mol. The lowest BCUT2D eigenvalue weighted by Gasteiger charge is -2.34. The molecule has 0 saturated carbocycles. The molecule has 0 fully saturated rings. The van der Waals surface area contributed by atoms with Crippen LogP contribution in [0.4, 0.5) is 0 Å². The molecule has 0 aliphatic heterocycles. The zero-order valence-corrected chi connectivity index (χ0v) is 7.66. The maximum Gasteiger partial charge on any atom is 0.160 e. The van der Waals surface area contributed by atoms with E-state index in [0.717, 1.165) is 0 Å². The predicted molar refractivity (Wildman–Crippen MR) is 43.1 cm³/mol. The van der Waals surface area contributed by atoms with Crippen molar-refractivity contribution in [2.75, 3.05) is 0 Å². The molecule has 0 spiro atoms. The molecule has 0 saturated heterocycles. The van der Waals surface area contributed by atoms with Crippen LogP contribution in [0.15, 0.2) is 0 Å². The van der Waals surface area contributed by atoms with Gasteiger partial charge in [-0.05, 0) is 27.7 Å². The highest BCUT2D eigenvalue weighted by molar-refractivity contribution is 7.80. The first-order valence-electron chi connectivity index (χ1n) is 3.09. The van der Waals surface area contributed by atoms with Crippen molar-refractivity contribution in [3.63, 3.8) is 0 Å². The third-order valence-electron chi connectivity index (χ3n) is 1.99. The van der Waals surface area contributed by atoms with Gasteiger partial charge in [0.05, 0.1) is 4.75 Å². The minimum atomic E-state index is -1.87. The van der Waals surface area contributed by atoms with E-state index in [-0.39, 0.29) is 0 Å². The highest BCUT2D eigenvalue weighted by atomic mass is 32.2. The summed E-state index contributed by atoms with van der Waals surface area (Å²) < 4.78 is 18.7. The molecule has 3 nitrogen and oxygen atoms in total. The topological polar surface area (TPSA) is 63.3 Å². The van der Waals surface area contributed by atoms with Gasteiger partial charge in [0.1, 0.15) is 0 Å². The minimum Gasteiger partial charge on any atom is -0.324 e. The van der Waals surface area contributed by atoms with Gasteiger partial charge in [-0.2, -0.15) is 0 Å². The Morgan fingerprint density at radius 2 is 1.60 bits per heavy atom. The molecule has 0 amide bonds. The highest BCUT2D eigenvalue weighted by Gasteiger charge is 2.38. The van der Waals surface area contributed by atoms with E-state index in [0.29, 0.717) is 0 Å². The summed E-state index contributed by atoms with van der Waals surface area (Å²) in [6.45, 7) is 6.81. The fourth-order valence-corrected chi connectivity index (χ4v) is 0.675. The van der Waals surface area contributed by atoms with Crippen molar-refractivity contribution in [3.05, 3.63) is 0 Å². The second kappa shape index (κ2) is 2.60. The van der Waals surface area contributed by atoms with Crippen molar-refractivity contribution in [2.45, 2.75) is 38.0 Å². The van der Waals surface area contributed by atoms with Crippen LogP contribution < -0.4 is 5.73 Å². The van der Waals surface area contributed by atoms with E-state index in [4.69, 9.17) is 10.3 Å². The molecule has 0 aromatic rings. The fourth-order valence-electron chi connectivity index (χ4n) is 0.225. The van der Waals surface area contributed by atoms with Crippen molar-refractivity contribution in [2.24, 2.45) is 5.73 Å². The molecule has 0 rings (SSSR count). The quantitative estimate of drug-likeness (QED) is 0.593. The Morgan fingerprint density at radius 1 is 1.30 bits per heavy atom. The van der Waals surface area contributed by atoms with Gasteiger partial charge in [0.2, 0.25) is 0 Å². The van der Waals surface area contributed by atoms with Crippen LogP contribution in [0.3, 0.4) is 0 Å². The number of hydrogen-bond acceptors (Lipinski definition) is 2. The van der Waals surface area contributed by atoms with Crippen LogP contribution in [0.1, 0.15) is 27.7 Å². The summed E-state index contributed by atoms with van der Waals surface area (Å²) in [4.78, 5) is 0. The van der Waals surface area contributed by atoms with Gasteiger partial charge in [0, 0.05) is 5.54 Å². The normalized spacial score (nSPS) is 17.0. The molecule has 0 heterocycles. The summed E-state index contributed by atoms with van der Waals surface area (Å²) in [5.41, 5.74) is 5.03. The van der Waals surface area contributed by atoms with Gasteiger partial charge in [0.15, 0.2) is 11.1 Å². The van der Waals surface area contributed by atoms with Crippen LogP contribution in [0.2, 0.25) is 0 Å². The summed E-state index contributed by atoms with van der Waals surface area (Å²) in [7, 11) is 0. The van der Waals surface area contributed by atoms with E-state index in [1.54, 1.807) is 27.7 Å². The zero-order valence-electron chi connectivity index (χ0n) is 6.84. The van der Waals surface area contributed by atoms with Gasteiger partial charge in [-0.3, -0.25) is 0 Å². The maximum atomic E-state index is 10.7. The first kappa shape index (κ1) is 10.1. The van der Waals surface area contributed by atoms with E-state index in [2.05, 4.69) is 0 Å². The second-order valence-corrected chi connectivity index (χ2v) is 5.00. The smallest absolute Gasteiger partial charge is 0.160 e. The lowest BCUT2D eigenvalue weighted by molar-refractivity contribution is 0.377. The average Bonchev–Trinajstić information content (AvgIpc) is 1.62. The van der Waals surface area contributed by atoms with Crippen LogP contribution in [0, 0.1) is 0 Å². The monoisotopic (exact) mass is 165 g/mol. The molecule has 0 bridgehead atoms. The third kappa shape index (κ3) is 1.78. The van der Waals surface area contributed by atoms with Crippen LogP contribution in [0.5, 0.6) is 0 Å². The molecular formula is C6H15NO2S. The van der Waals surface area contributed by atoms with E-state index in [1.165, 1.54) is 0 Å². The molecule has 0 aliphatic rings. The summed E-state index contributed by atoms with van der Waals surface area (Å²) in [6.07, 6.45) is 0. The van der Waals surface area contributed by atoms with Crippen LogP contribution in [-0.2, 0) is 11.1 Å². The highest BCUT2D eigenvalue weighted by Crippen LogP contribution is 2.23. The molecule has 0 aliphatic carbocycles. The van der Waals surface area contributed by atoms with Gasteiger partial charge in [-0.15, -0.1) is 0 Å². The van der Waals surface area contributed by atoms with Gasteiger partial charge in [-0.1, -0.05) is 0 Å². The standard InChI is InChI=1S/C6H15NO2S/c1-5(2,7)6(3,4)10(8)9/h7H2,1-4H3,(H,8,9). The summed E-state index contributed by atoms with van der Waals surface area (Å²) in [6, 6.07) is 0. The lowest BCUT2D eigenvalue weighted by Crippen LogP contribution is -2.54. The van der Waals surface area contributed by atoms with Gasteiger partial charge in [-0.25, -0.2) is 4.21 Å². The van der Waals surface area contributed by atoms with E-state index < -0.39 is 21.4 Å². The van der Waals surface area contributed by atoms with E-state index in [9.17, 15) is 4.21 Å². The molecule has 62 valence electrons. The van der Waals surface area contributed by atoms with Gasteiger partial charge < -0.3 is 10.3 Å². The molecule has 0 aromatic carbocycles. The SMILES string of the molecule is CC(C)(N)C(C)(C)S(=O)O. The Balaban J connectivity index is 4.57. The first-order chi connectivity index (χ1) is 4.19. The summed E-state index contributed by atoms with van der Waals surface area (Å²) in [5.74, 6) is 0.